The zero-order valence-corrected chi connectivity index (χ0v) is 9.01. The van der Waals surface area contributed by atoms with Gasteiger partial charge in [0.15, 0.2) is 4.77 Å². The van der Waals surface area contributed by atoms with E-state index >= 15 is 0 Å². The van der Waals surface area contributed by atoms with Crippen molar-refractivity contribution in [2.24, 2.45) is 5.92 Å². The van der Waals surface area contributed by atoms with Crippen molar-refractivity contribution in [3.05, 3.63) is 27.4 Å². The monoisotopic (exact) mass is 210 g/mol. The molecule has 1 aromatic rings. The van der Waals surface area contributed by atoms with Crippen LogP contribution < -0.4 is 5.56 Å². The highest BCUT2D eigenvalue weighted by atomic mass is 32.1. The fraction of sp³-hybridized carbons (Fsp3) is 0.600. The second kappa shape index (κ2) is 3.69. The van der Waals surface area contributed by atoms with Crippen molar-refractivity contribution in [1.82, 2.24) is 9.55 Å². The molecule has 3 nitrogen and oxygen atoms in total. The van der Waals surface area contributed by atoms with E-state index in [9.17, 15) is 4.79 Å². The molecule has 2 atom stereocenters. The zero-order chi connectivity index (χ0) is 10.1. The summed E-state index contributed by atoms with van der Waals surface area (Å²) in [5, 5.41) is 0. The second-order valence-electron chi connectivity index (χ2n) is 4.09. The van der Waals surface area contributed by atoms with E-state index in [2.05, 4.69) is 11.9 Å². The first kappa shape index (κ1) is 9.65. The van der Waals surface area contributed by atoms with Gasteiger partial charge in [-0.15, -0.1) is 0 Å². The van der Waals surface area contributed by atoms with Gasteiger partial charge in [-0.1, -0.05) is 6.92 Å². The van der Waals surface area contributed by atoms with Crippen LogP contribution in [0.15, 0.2) is 17.1 Å². The van der Waals surface area contributed by atoms with E-state index in [1.54, 1.807) is 6.07 Å². The van der Waals surface area contributed by atoms with Gasteiger partial charge in [0, 0.05) is 18.3 Å². The topological polar surface area (TPSA) is 37.8 Å². The van der Waals surface area contributed by atoms with E-state index in [1.807, 2.05) is 10.8 Å². The van der Waals surface area contributed by atoms with Crippen molar-refractivity contribution in [2.75, 3.05) is 0 Å². The van der Waals surface area contributed by atoms with Gasteiger partial charge in [0.25, 0.3) is 5.56 Å². The maximum Gasteiger partial charge on any atom is 0.251 e. The van der Waals surface area contributed by atoms with E-state index in [4.69, 9.17) is 12.2 Å². The van der Waals surface area contributed by atoms with Gasteiger partial charge in [0.05, 0.1) is 0 Å². The number of hydrogen-bond donors (Lipinski definition) is 1. The minimum Gasteiger partial charge on any atom is -0.322 e. The Labute approximate surface area is 87.8 Å². The first-order valence-corrected chi connectivity index (χ1v) is 5.39. The van der Waals surface area contributed by atoms with E-state index in [0.717, 1.165) is 5.92 Å². The minimum absolute atomic E-state index is 0.114. The third-order valence-electron chi connectivity index (χ3n) is 2.91. The standard InChI is InChI=1S/C10H14N2OS/c1-7-2-3-8(6-7)12-5-4-9(13)11-10(12)14/h4-5,7-8H,2-3,6H2,1H3,(H,11,13,14). The van der Waals surface area contributed by atoms with Gasteiger partial charge < -0.3 is 4.57 Å². The molecule has 0 saturated heterocycles. The number of rotatable bonds is 1. The molecule has 1 heterocycles. The Bertz CT molecular complexity index is 434. The van der Waals surface area contributed by atoms with Gasteiger partial charge in [-0.25, -0.2) is 0 Å². The summed E-state index contributed by atoms with van der Waals surface area (Å²) >= 11 is 5.12. The number of nitrogens with one attached hydrogen (secondary N) is 1. The van der Waals surface area contributed by atoms with Gasteiger partial charge in [-0.3, -0.25) is 9.78 Å². The first-order valence-electron chi connectivity index (χ1n) is 4.98. The second-order valence-corrected chi connectivity index (χ2v) is 4.48. The Morgan fingerprint density at radius 2 is 2.36 bits per heavy atom. The molecular formula is C10H14N2OS. The summed E-state index contributed by atoms with van der Waals surface area (Å²) in [6.45, 7) is 2.26. The molecule has 2 rings (SSSR count). The third-order valence-corrected chi connectivity index (χ3v) is 3.22. The maximum absolute atomic E-state index is 11.0. The van der Waals surface area contributed by atoms with Crippen LogP contribution in [-0.4, -0.2) is 9.55 Å². The molecule has 1 aliphatic carbocycles. The molecule has 1 saturated carbocycles. The summed E-state index contributed by atoms with van der Waals surface area (Å²) in [6.07, 6.45) is 5.40. The lowest BCUT2D eigenvalue weighted by molar-refractivity contribution is 0.479. The Morgan fingerprint density at radius 3 is 2.93 bits per heavy atom. The van der Waals surface area contributed by atoms with Gasteiger partial charge in [0.2, 0.25) is 0 Å². The Morgan fingerprint density at radius 1 is 1.57 bits per heavy atom. The highest BCUT2D eigenvalue weighted by Crippen LogP contribution is 2.33. The van der Waals surface area contributed by atoms with Crippen molar-refractivity contribution in [2.45, 2.75) is 32.2 Å². The molecule has 0 aromatic carbocycles. The van der Waals surface area contributed by atoms with Crippen LogP contribution >= 0.6 is 12.2 Å². The van der Waals surface area contributed by atoms with Crippen molar-refractivity contribution in [1.29, 1.82) is 0 Å². The lowest BCUT2D eigenvalue weighted by Crippen LogP contribution is -2.14. The van der Waals surface area contributed by atoms with E-state index in [-0.39, 0.29) is 5.56 Å². The molecule has 76 valence electrons. The molecule has 1 aromatic heterocycles. The smallest absolute Gasteiger partial charge is 0.251 e. The highest BCUT2D eigenvalue weighted by molar-refractivity contribution is 7.71. The molecule has 0 spiro atoms. The molecule has 0 radical (unpaired) electrons. The molecule has 2 unspecified atom stereocenters. The van der Waals surface area contributed by atoms with Crippen LogP contribution in [0.5, 0.6) is 0 Å². The minimum atomic E-state index is -0.114. The summed E-state index contributed by atoms with van der Waals surface area (Å²) in [6, 6.07) is 2.02. The van der Waals surface area contributed by atoms with Crippen LogP contribution in [0.4, 0.5) is 0 Å². The van der Waals surface area contributed by atoms with Crippen LogP contribution in [-0.2, 0) is 0 Å². The predicted octanol–water partition coefficient (Wildman–Crippen LogP) is 2.27. The van der Waals surface area contributed by atoms with Crippen LogP contribution in [0.2, 0.25) is 0 Å². The Hall–Kier alpha value is -0.900. The van der Waals surface area contributed by atoms with Crippen molar-refractivity contribution in [3.63, 3.8) is 0 Å². The fourth-order valence-electron chi connectivity index (χ4n) is 2.14. The molecule has 0 amide bonds. The largest absolute Gasteiger partial charge is 0.322 e. The van der Waals surface area contributed by atoms with Crippen LogP contribution in [0, 0.1) is 10.7 Å². The van der Waals surface area contributed by atoms with Gasteiger partial charge in [-0.05, 0) is 37.4 Å². The molecule has 1 fully saturated rings. The number of aromatic nitrogens is 2. The maximum atomic E-state index is 11.0. The number of hydrogen-bond acceptors (Lipinski definition) is 2. The average molecular weight is 210 g/mol. The molecule has 4 heteroatoms. The summed E-state index contributed by atoms with van der Waals surface area (Å²) in [5.41, 5.74) is -0.114. The van der Waals surface area contributed by atoms with Crippen molar-refractivity contribution < 1.29 is 0 Å². The first-order chi connectivity index (χ1) is 6.66. The van der Waals surface area contributed by atoms with E-state index in [1.165, 1.54) is 19.3 Å². The molecule has 1 N–H and O–H groups in total. The number of aromatic amines is 1. The molecule has 1 aliphatic rings. The number of nitrogens with zero attached hydrogens (tertiary/aromatic N) is 1. The summed E-state index contributed by atoms with van der Waals surface area (Å²) in [7, 11) is 0. The summed E-state index contributed by atoms with van der Waals surface area (Å²) in [4.78, 5) is 13.6. The molecule has 0 bridgehead atoms. The normalized spacial score (nSPS) is 26.6. The lowest BCUT2D eigenvalue weighted by Gasteiger charge is -2.13. The Balaban J connectivity index is 2.33. The average Bonchev–Trinajstić information content (AvgIpc) is 2.51. The van der Waals surface area contributed by atoms with Gasteiger partial charge >= 0.3 is 0 Å². The predicted molar refractivity (Wildman–Crippen MR) is 57.9 cm³/mol. The van der Waals surface area contributed by atoms with E-state index < -0.39 is 0 Å². The van der Waals surface area contributed by atoms with Crippen molar-refractivity contribution in [3.8, 4) is 0 Å². The Kier molecular flexibility index (Phi) is 2.54. The SMILES string of the molecule is CC1CCC(n2ccc(=O)[nH]c2=S)C1. The van der Waals surface area contributed by atoms with E-state index in [0.29, 0.717) is 10.8 Å². The van der Waals surface area contributed by atoms with Gasteiger partial charge in [0.1, 0.15) is 0 Å². The third kappa shape index (κ3) is 1.80. The number of H-pyrrole nitrogens is 1. The van der Waals surface area contributed by atoms with Crippen molar-refractivity contribution >= 4 is 12.2 Å². The quantitative estimate of drug-likeness (QED) is 0.722. The van der Waals surface area contributed by atoms with Gasteiger partial charge in [-0.2, -0.15) is 0 Å². The van der Waals surface area contributed by atoms with Crippen LogP contribution in [0.25, 0.3) is 0 Å². The lowest BCUT2D eigenvalue weighted by atomic mass is 10.1. The highest BCUT2D eigenvalue weighted by Gasteiger charge is 2.22. The summed E-state index contributed by atoms with van der Waals surface area (Å²) in [5.74, 6) is 0.772. The zero-order valence-electron chi connectivity index (χ0n) is 8.19. The molecular weight excluding hydrogens is 196 g/mol. The van der Waals surface area contributed by atoms with Crippen LogP contribution in [0.1, 0.15) is 32.2 Å². The molecule has 14 heavy (non-hydrogen) atoms. The van der Waals surface area contributed by atoms with Crippen LogP contribution in [0.3, 0.4) is 0 Å². The fourth-order valence-corrected chi connectivity index (χ4v) is 2.46. The molecule has 0 aliphatic heterocycles. The summed E-state index contributed by atoms with van der Waals surface area (Å²) < 4.78 is 2.57.